The Labute approximate surface area is 125 Å². The van der Waals surface area contributed by atoms with Crippen LogP contribution in [0.25, 0.3) is 0 Å². The smallest absolute Gasteiger partial charge is 0.212 e. The van der Waals surface area contributed by atoms with Gasteiger partial charge in [-0.2, -0.15) is 0 Å². The zero-order valence-corrected chi connectivity index (χ0v) is 13.5. The lowest BCUT2D eigenvalue weighted by Gasteiger charge is -2.32. The maximum atomic E-state index is 11.7. The van der Waals surface area contributed by atoms with Gasteiger partial charge in [0.05, 0.1) is 15.9 Å². The predicted octanol–water partition coefficient (Wildman–Crippen LogP) is 0.738. The molecule has 0 aliphatic carbocycles. The fraction of sp³-hybridized carbons (Fsp3) is 0.538. The highest BCUT2D eigenvalue weighted by atomic mass is 32.2. The third-order valence-electron chi connectivity index (χ3n) is 3.85. The van der Waals surface area contributed by atoms with Gasteiger partial charge in [0, 0.05) is 18.8 Å². The van der Waals surface area contributed by atoms with E-state index < -0.39 is 25.1 Å². The van der Waals surface area contributed by atoms with E-state index in [0.717, 1.165) is 5.69 Å². The van der Waals surface area contributed by atoms with E-state index in [9.17, 15) is 16.8 Å². The Morgan fingerprint density at radius 3 is 2.05 bits per heavy atom. The summed E-state index contributed by atoms with van der Waals surface area (Å²) in [6.45, 7) is 2.81. The van der Waals surface area contributed by atoms with Gasteiger partial charge in [-0.3, -0.25) is 0 Å². The third kappa shape index (κ3) is 3.75. The lowest BCUT2D eigenvalue weighted by molar-refractivity contribution is 0.531. The Bertz CT molecular complexity index is 688. The summed E-state index contributed by atoms with van der Waals surface area (Å²) in [5.41, 5.74) is 0.901. The maximum Gasteiger partial charge on any atom is 0.212 e. The topological polar surface area (TPSA) is 97.5 Å². The average molecular weight is 332 g/mol. The predicted molar refractivity (Wildman–Crippen MR) is 82.5 cm³/mol. The molecular formula is C13H20N2O4S2. The number of sulfonamides is 1. The van der Waals surface area contributed by atoms with Crippen LogP contribution >= 0.6 is 0 Å². The molecule has 6 nitrogen and oxygen atoms in total. The van der Waals surface area contributed by atoms with Crippen LogP contribution < -0.4 is 10.0 Å². The molecule has 2 N–H and O–H groups in total. The highest BCUT2D eigenvalue weighted by Gasteiger charge is 2.27. The second-order valence-electron chi connectivity index (χ2n) is 5.17. The van der Waals surface area contributed by atoms with Gasteiger partial charge in [-0.15, -0.1) is 0 Å². The van der Waals surface area contributed by atoms with Gasteiger partial charge >= 0.3 is 0 Å². The standard InChI is InChI=1S/C13H20N2O4S2/c1-2-20(16,17)12-5-3-11(4-6-12)15-9-7-13(8-10-15)21(14,18)19/h3-6,13H,2,7-10H2,1H3,(H2,14,18,19). The second-order valence-corrected chi connectivity index (χ2v) is 9.30. The fourth-order valence-electron chi connectivity index (χ4n) is 2.47. The number of hydrogen-bond donors (Lipinski definition) is 1. The molecule has 0 aromatic heterocycles. The molecule has 1 heterocycles. The summed E-state index contributed by atoms with van der Waals surface area (Å²) in [4.78, 5) is 2.36. The van der Waals surface area contributed by atoms with Crippen molar-refractivity contribution in [1.82, 2.24) is 0 Å². The SMILES string of the molecule is CCS(=O)(=O)c1ccc(N2CCC(S(N)(=O)=O)CC2)cc1. The molecule has 0 unspecified atom stereocenters. The summed E-state index contributed by atoms with van der Waals surface area (Å²) in [5, 5.41) is 4.69. The first-order valence-corrected chi connectivity index (χ1v) is 10.1. The fourth-order valence-corrected chi connectivity index (χ4v) is 4.23. The van der Waals surface area contributed by atoms with Gasteiger partial charge in [0.25, 0.3) is 0 Å². The molecule has 1 aromatic rings. The van der Waals surface area contributed by atoms with Crippen LogP contribution in [0, 0.1) is 0 Å². The molecule has 2 rings (SSSR count). The van der Waals surface area contributed by atoms with Gasteiger partial charge in [-0.1, -0.05) is 6.92 Å². The zero-order chi connectivity index (χ0) is 15.7. The Kier molecular flexibility index (Phi) is 4.60. The molecule has 1 aliphatic heterocycles. The number of nitrogens with two attached hydrogens (primary N) is 1. The zero-order valence-electron chi connectivity index (χ0n) is 11.9. The van der Waals surface area contributed by atoms with Crippen molar-refractivity contribution in [1.29, 1.82) is 0 Å². The Hall–Kier alpha value is -1.12. The molecule has 21 heavy (non-hydrogen) atoms. The van der Waals surface area contributed by atoms with Crippen LogP contribution in [0.15, 0.2) is 29.2 Å². The van der Waals surface area contributed by atoms with Crippen molar-refractivity contribution in [3.8, 4) is 0 Å². The molecule has 8 heteroatoms. The van der Waals surface area contributed by atoms with Crippen molar-refractivity contribution in [3.05, 3.63) is 24.3 Å². The van der Waals surface area contributed by atoms with Crippen molar-refractivity contribution in [2.45, 2.75) is 29.9 Å². The number of piperidine rings is 1. The van der Waals surface area contributed by atoms with Crippen LogP contribution in [0.1, 0.15) is 19.8 Å². The molecule has 1 fully saturated rings. The van der Waals surface area contributed by atoms with Crippen molar-refractivity contribution in [2.75, 3.05) is 23.7 Å². The number of benzene rings is 1. The van der Waals surface area contributed by atoms with E-state index in [1.807, 2.05) is 4.90 Å². The quantitative estimate of drug-likeness (QED) is 0.877. The molecule has 1 saturated heterocycles. The molecule has 0 atom stereocenters. The van der Waals surface area contributed by atoms with E-state index >= 15 is 0 Å². The van der Waals surface area contributed by atoms with Gasteiger partial charge in [-0.05, 0) is 37.1 Å². The van der Waals surface area contributed by atoms with Crippen LogP contribution in [-0.2, 0) is 19.9 Å². The van der Waals surface area contributed by atoms with E-state index in [1.165, 1.54) is 0 Å². The monoisotopic (exact) mass is 332 g/mol. The molecule has 118 valence electrons. The van der Waals surface area contributed by atoms with E-state index in [4.69, 9.17) is 5.14 Å². The molecule has 0 amide bonds. The molecule has 0 spiro atoms. The second kappa shape index (κ2) is 5.94. The summed E-state index contributed by atoms with van der Waals surface area (Å²) < 4.78 is 46.1. The molecule has 0 saturated carbocycles. The number of nitrogens with zero attached hydrogens (tertiary/aromatic N) is 1. The lowest BCUT2D eigenvalue weighted by atomic mass is 10.1. The Morgan fingerprint density at radius 1 is 1.10 bits per heavy atom. The van der Waals surface area contributed by atoms with Crippen molar-refractivity contribution >= 4 is 25.5 Å². The maximum absolute atomic E-state index is 11.7. The third-order valence-corrected chi connectivity index (χ3v) is 7.00. The van der Waals surface area contributed by atoms with E-state index in [-0.39, 0.29) is 5.75 Å². The van der Waals surface area contributed by atoms with Crippen LogP contribution in [0.5, 0.6) is 0 Å². The minimum atomic E-state index is -3.47. The number of rotatable bonds is 4. The number of sulfone groups is 1. The molecule has 0 radical (unpaired) electrons. The first-order chi connectivity index (χ1) is 9.74. The minimum Gasteiger partial charge on any atom is -0.371 e. The average Bonchev–Trinajstić information content (AvgIpc) is 2.47. The normalized spacial score (nSPS) is 17.9. The largest absolute Gasteiger partial charge is 0.371 e. The van der Waals surface area contributed by atoms with Gasteiger partial charge in [0.1, 0.15) is 0 Å². The number of primary sulfonamides is 1. The number of anilines is 1. The summed E-state index contributed by atoms with van der Waals surface area (Å²) in [5.74, 6) is 0.0755. The number of hydrogen-bond acceptors (Lipinski definition) is 5. The lowest BCUT2D eigenvalue weighted by Crippen LogP contribution is -2.41. The summed E-state index contributed by atoms with van der Waals surface area (Å²) >= 11 is 0. The van der Waals surface area contributed by atoms with E-state index in [0.29, 0.717) is 30.8 Å². The molecule has 1 aliphatic rings. The summed E-state index contributed by atoms with van der Waals surface area (Å²) in [6.07, 6.45) is 0.988. The van der Waals surface area contributed by atoms with Crippen molar-refractivity contribution in [2.24, 2.45) is 5.14 Å². The van der Waals surface area contributed by atoms with Gasteiger partial charge in [-0.25, -0.2) is 22.0 Å². The molecule has 0 bridgehead atoms. The summed E-state index contributed by atoms with van der Waals surface area (Å²) in [7, 11) is -6.66. The van der Waals surface area contributed by atoms with Gasteiger partial charge in [0.15, 0.2) is 9.84 Å². The van der Waals surface area contributed by atoms with Crippen molar-refractivity contribution < 1.29 is 16.8 Å². The highest BCUT2D eigenvalue weighted by Crippen LogP contribution is 2.24. The first-order valence-electron chi connectivity index (χ1n) is 6.83. The minimum absolute atomic E-state index is 0.0755. The van der Waals surface area contributed by atoms with E-state index in [1.54, 1.807) is 31.2 Å². The van der Waals surface area contributed by atoms with Gasteiger partial charge in [0.2, 0.25) is 10.0 Å². The van der Waals surface area contributed by atoms with Crippen LogP contribution in [0.3, 0.4) is 0 Å². The molecule has 1 aromatic carbocycles. The Balaban J connectivity index is 2.08. The van der Waals surface area contributed by atoms with E-state index in [2.05, 4.69) is 0 Å². The summed E-state index contributed by atoms with van der Waals surface area (Å²) in [6, 6.07) is 6.72. The first kappa shape index (κ1) is 16.3. The van der Waals surface area contributed by atoms with Crippen molar-refractivity contribution in [3.63, 3.8) is 0 Å². The van der Waals surface area contributed by atoms with Gasteiger partial charge < -0.3 is 4.90 Å². The van der Waals surface area contributed by atoms with Crippen LogP contribution in [-0.4, -0.2) is 40.9 Å². The Morgan fingerprint density at radius 2 is 1.62 bits per heavy atom. The molecular weight excluding hydrogens is 312 g/mol. The van der Waals surface area contributed by atoms with Crippen LogP contribution in [0.2, 0.25) is 0 Å². The highest BCUT2D eigenvalue weighted by molar-refractivity contribution is 7.91. The van der Waals surface area contributed by atoms with Crippen LogP contribution in [0.4, 0.5) is 5.69 Å².